The van der Waals surface area contributed by atoms with Crippen molar-refractivity contribution < 1.29 is 23.8 Å². The molecule has 0 saturated carbocycles. The lowest BCUT2D eigenvalue weighted by Gasteiger charge is -2.13. The van der Waals surface area contributed by atoms with Gasteiger partial charge in [-0.05, 0) is 12.1 Å². The third-order valence-electron chi connectivity index (χ3n) is 1.94. The Labute approximate surface area is 96.4 Å². The number of nitrogens with one attached hydrogen (secondary N) is 1. The Bertz CT molecular complexity index is 425. The summed E-state index contributed by atoms with van der Waals surface area (Å²) in [7, 11) is 1.30. The normalized spacial score (nSPS) is 11.9. The van der Waals surface area contributed by atoms with Crippen LogP contribution in [0.25, 0.3) is 0 Å². The molecule has 1 aromatic heterocycles. The molecule has 0 aliphatic rings. The molecule has 1 heterocycles. The van der Waals surface area contributed by atoms with Crippen molar-refractivity contribution in [2.45, 2.75) is 6.04 Å². The van der Waals surface area contributed by atoms with Crippen molar-refractivity contribution in [2.24, 2.45) is 0 Å². The molecule has 0 radical (unpaired) electrons. The second-order valence-corrected chi connectivity index (χ2v) is 3.16. The van der Waals surface area contributed by atoms with Gasteiger partial charge in [0.05, 0.1) is 12.2 Å². The van der Waals surface area contributed by atoms with Gasteiger partial charge in [0.2, 0.25) is 5.95 Å². The first kappa shape index (κ1) is 13.0. The number of carboxylic acids is 1. The van der Waals surface area contributed by atoms with Crippen molar-refractivity contribution in [3.8, 4) is 0 Å². The number of nitrogens with zero attached hydrogens (tertiary/aromatic N) is 1. The first-order chi connectivity index (χ1) is 8.06. The smallest absolute Gasteiger partial charge is 0.328 e. The Morgan fingerprint density at radius 1 is 1.65 bits per heavy atom. The molecule has 6 nitrogen and oxygen atoms in total. The molecule has 1 atom stereocenters. The molecule has 7 heteroatoms. The highest BCUT2D eigenvalue weighted by molar-refractivity contribution is 5.96. The summed E-state index contributed by atoms with van der Waals surface area (Å²) in [4.78, 5) is 25.6. The van der Waals surface area contributed by atoms with Gasteiger partial charge in [0.25, 0.3) is 5.91 Å². The lowest BCUT2D eigenvalue weighted by atomic mass is 10.2. The van der Waals surface area contributed by atoms with Gasteiger partial charge in [0.15, 0.2) is 6.04 Å². The number of ether oxygens (including phenoxy) is 1. The lowest BCUT2D eigenvalue weighted by Crippen LogP contribution is -2.44. The highest BCUT2D eigenvalue weighted by Crippen LogP contribution is 2.03. The Kier molecular flexibility index (Phi) is 4.53. The van der Waals surface area contributed by atoms with Gasteiger partial charge >= 0.3 is 5.97 Å². The van der Waals surface area contributed by atoms with Gasteiger partial charge in [-0.15, -0.1) is 0 Å². The van der Waals surface area contributed by atoms with Crippen LogP contribution in [0, 0.1) is 5.95 Å². The second kappa shape index (κ2) is 5.90. The predicted molar refractivity (Wildman–Crippen MR) is 55.0 cm³/mol. The number of carbonyl (C=O) groups is 2. The largest absolute Gasteiger partial charge is 0.480 e. The summed E-state index contributed by atoms with van der Waals surface area (Å²) in [6, 6.07) is 1.36. The Morgan fingerprint density at radius 3 is 2.88 bits per heavy atom. The van der Waals surface area contributed by atoms with Crippen molar-refractivity contribution in [2.75, 3.05) is 13.7 Å². The molecule has 0 spiro atoms. The molecule has 2 N–H and O–H groups in total. The average molecular weight is 242 g/mol. The van der Waals surface area contributed by atoms with Crippen LogP contribution in [-0.4, -0.2) is 41.7 Å². The molecule has 1 aromatic rings. The van der Waals surface area contributed by atoms with E-state index in [2.05, 4.69) is 15.0 Å². The minimum Gasteiger partial charge on any atom is -0.480 e. The number of aromatic nitrogens is 1. The number of pyridine rings is 1. The number of hydrogen-bond donors (Lipinski definition) is 2. The van der Waals surface area contributed by atoms with E-state index in [1.165, 1.54) is 25.4 Å². The summed E-state index contributed by atoms with van der Waals surface area (Å²) in [5, 5.41) is 10.9. The predicted octanol–water partition coefficient (Wildman–Crippen LogP) is 0.0501. The van der Waals surface area contributed by atoms with E-state index >= 15 is 0 Å². The SMILES string of the molecule is COCC(NC(=O)c1cccnc1F)C(=O)O. The average Bonchev–Trinajstić information content (AvgIpc) is 2.28. The van der Waals surface area contributed by atoms with E-state index in [1.807, 2.05) is 0 Å². The molecule has 0 aromatic carbocycles. The van der Waals surface area contributed by atoms with Crippen LogP contribution in [-0.2, 0) is 9.53 Å². The fraction of sp³-hybridized carbons (Fsp3) is 0.300. The molecule has 1 unspecified atom stereocenters. The van der Waals surface area contributed by atoms with Gasteiger partial charge in [0.1, 0.15) is 0 Å². The summed E-state index contributed by atoms with van der Waals surface area (Å²) in [5.74, 6) is -3.06. The lowest BCUT2D eigenvalue weighted by molar-refractivity contribution is -0.140. The Hall–Kier alpha value is -2.02. The molecule has 0 aliphatic heterocycles. The van der Waals surface area contributed by atoms with Crippen LogP contribution in [0.3, 0.4) is 0 Å². The number of halogens is 1. The summed E-state index contributed by atoms with van der Waals surface area (Å²) in [6.45, 7) is -0.205. The van der Waals surface area contributed by atoms with Gasteiger partial charge in [-0.3, -0.25) is 4.79 Å². The first-order valence-electron chi connectivity index (χ1n) is 4.69. The number of rotatable bonds is 5. The van der Waals surface area contributed by atoms with Crippen LogP contribution >= 0.6 is 0 Å². The van der Waals surface area contributed by atoms with E-state index < -0.39 is 23.9 Å². The standard InChI is InChI=1S/C10H11FN2O4/c1-17-5-7(10(15)16)13-9(14)6-3-2-4-12-8(6)11/h2-4,7H,5H2,1H3,(H,13,14)(H,15,16). The summed E-state index contributed by atoms with van der Waals surface area (Å²) in [5.41, 5.74) is -0.310. The zero-order valence-electron chi connectivity index (χ0n) is 9.01. The maximum atomic E-state index is 13.1. The van der Waals surface area contributed by atoms with Crippen LogP contribution in [0.4, 0.5) is 4.39 Å². The topological polar surface area (TPSA) is 88.5 Å². The van der Waals surface area contributed by atoms with E-state index in [-0.39, 0.29) is 12.2 Å². The molecule has 1 amide bonds. The van der Waals surface area contributed by atoms with E-state index in [0.717, 1.165) is 0 Å². The molecule has 92 valence electrons. The van der Waals surface area contributed by atoms with Crippen molar-refractivity contribution in [3.05, 3.63) is 29.8 Å². The maximum absolute atomic E-state index is 13.1. The fourth-order valence-corrected chi connectivity index (χ4v) is 1.13. The number of carbonyl (C=O) groups excluding carboxylic acids is 1. The number of amides is 1. The molecular weight excluding hydrogens is 231 g/mol. The zero-order chi connectivity index (χ0) is 12.8. The number of aliphatic carboxylic acids is 1. The Balaban J connectivity index is 2.77. The van der Waals surface area contributed by atoms with Gasteiger partial charge in [0, 0.05) is 13.3 Å². The third-order valence-corrected chi connectivity index (χ3v) is 1.94. The monoisotopic (exact) mass is 242 g/mol. The second-order valence-electron chi connectivity index (χ2n) is 3.16. The van der Waals surface area contributed by atoms with Crippen molar-refractivity contribution >= 4 is 11.9 Å². The van der Waals surface area contributed by atoms with E-state index in [0.29, 0.717) is 0 Å². The molecule has 17 heavy (non-hydrogen) atoms. The van der Waals surface area contributed by atoms with Gasteiger partial charge < -0.3 is 15.2 Å². The van der Waals surface area contributed by atoms with Crippen molar-refractivity contribution in [3.63, 3.8) is 0 Å². The van der Waals surface area contributed by atoms with Crippen LogP contribution < -0.4 is 5.32 Å². The van der Waals surface area contributed by atoms with E-state index in [4.69, 9.17) is 5.11 Å². The highest BCUT2D eigenvalue weighted by atomic mass is 19.1. The maximum Gasteiger partial charge on any atom is 0.328 e. The van der Waals surface area contributed by atoms with Gasteiger partial charge in [-0.25, -0.2) is 9.78 Å². The molecule has 1 rings (SSSR count). The quantitative estimate of drug-likeness (QED) is 0.712. The summed E-state index contributed by atoms with van der Waals surface area (Å²) in [6.07, 6.45) is 1.19. The van der Waals surface area contributed by atoms with Crippen LogP contribution in [0.1, 0.15) is 10.4 Å². The van der Waals surface area contributed by atoms with Crippen LogP contribution in [0.5, 0.6) is 0 Å². The zero-order valence-corrected chi connectivity index (χ0v) is 9.01. The van der Waals surface area contributed by atoms with E-state index in [9.17, 15) is 14.0 Å². The van der Waals surface area contributed by atoms with Crippen molar-refractivity contribution in [1.29, 1.82) is 0 Å². The summed E-state index contributed by atoms with van der Waals surface area (Å²) >= 11 is 0. The molecule has 0 aliphatic carbocycles. The molecule has 0 bridgehead atoms. The fourth-order valence-electron chi connectivity index (χ4n) is 1.13. The number of methoxy groups -OCH3 is 1. The number of carboxylic acid groups (broad SMARTS) is 1. The Morgan fingerprint density at radius 2 is 2.35 bits per heavy atom. The third kappa shape index (κ3) is 3.49. The van der Waals surface area contributed by atoms with Crippen LogP contribution in [0.2, 0.25) is 0 Å². The molecular formula is C10H11FN2O4. The highest BCUT2D eigenvalue weighted by Gasteiger charge is 2.22. The van der Waals surface area contributed by atoms with Crippen molar-refractivity contribution in [1.82, 2.24) is 10.3 Å². The molecule has 0 saturated heterocycles. The summed E-state index contributed by atoms with van der Waals surface area (Å²) < 4.78 is 17.8. The minimum atomic E-state index is -1.26. The van der Waals surface area contributed by atoms with Gasteiger partial charge in [-0.1, -0.05) is 0 Å². The first-order valence-corrected chi connectivity index (χ1v) is 4.69. The minimum absolute atomic E-state index is 0.205. The number of hydrogen-bond acceptors (Lipinski definition) is 4. The molecule has 0 fully saturated rings. The van der Waals surface area contributed by atoms with Crippen LogP contribution in [0.15, 0.2) is 18.3 Å². The van der Waals surface area contributed by atoms with Gasteiger partial charge in [-0.2, -0.15) is 4.39 Å². The van der Waals surface area contributed by atoms with E-state index in [1.54, 1.807) is 0 Å².